The van der Waals surface area contributed by atoms with Crippen LogP contribution in [0.4, 0.5) is 15.3 Å². The summed E-state index contributed by atoms with van der Waals surface area (Å²) in [7, 11) is 0. The van der Waals surface area contributed by atoms with Crippen LogP contribution in [-0.4, -0.2) is 36.1 Å². The van der Waals surface area contributed by atoms with Gasteiger partial charge in [0, 0.05) is 44.2 Å². The van der Waals surface area contributed by atoms with Crippen molar-refractivity contribution >= 4 is 32.5 Å². The van der Waals surface area contributed by atoms with Gasteiger partial charge in [-0.1, -0.05) is 17.4 Å². The van der Waals surface area contributed by atoms with Crippen LogP contribution in [0.25, 0.3) is 10.2 Å². The number of thiazole rings is 1. The summed E-state index contributed by atoms with van der Waals surface area (Å²) in [6.07, 6.45) is 1.86. The molecule has 2 saturated heterocycles. The number of aromatic nitrogens is 2. The number of benzene rings is 1. The standard InChI is InChI=1S/C18H17FN4S/c19-14-4-5-15-16(7-14)24-18(21-15)23-10-12-8-22(9-13(12)11-23)17-3-1-2-6-20-17/h1-7,12-13H,8-11H2. The minimum Gasteiger partial charge on any atom is -0.356 e. The quantitative estimate of drug-likeness (QED) is 0.716. The zero-order chi connectivity index (χ0) is 16.1. The predicted octanol–water partition coefficient (Wildman–Crippen LogP) is 3.40. The summed E-state index contributed by atoms with van der Waals surface area (Å²) in [4.78, 5) is 13.9. The summed E-state index contributed by atoms with van der Waals surface area (Å²) in [6, 6.07) is 10.9. The normalized spacial score (nSPS) is 23.2. The summed E-state index contributed by atoms with van der Waals surface area (Å²) < 4.78 is 14.3. The van der Waals surface area contributed by atoms with E-state index in [0.29, 0.717) is 11.8 Å². The van der Waals surface area contributed by atoms with Crippen molar-refractivity contribution in [1.82, 2.24) is 9.97 Å². The van der Waals surface area contributed by atoms with Crippen molar-refractivity contribution in [3.8, 4) is 0 Å². The van der Waals surface area contributed by atoms with Gasteiger partial charge in [-0.05, 0) is 30.3 Å². The molecule has 0 radical (unpaired) electrons. The van der Waals surface area contributed by atoms with E-state index in [-0.39, 0.29) is 5.82 Å². The summed E-state index contributed by atoms with van der Waals surface area (Å²) in [5, 5.41) is 1.02. The van der Waals surface area contributed by atoms with Crippen LogP contribution in [0.3, 0.4) is 0 Å². The second-order valence-electron chi connectivity index (χ2n) is 6.63. The van der Waals surface area contributed by atoms with Crippen molar-refractivity contribution in [2.75, 3.05) is 36.0 Å². The van der Waals surface area contributed by atoms with Crippen molar-refractivity contribution in [1.29, 1.82) is 0 Å². The average Bonchev–Trinajstić information content (AvgIpc) is 3.27. The fraction of sp³-hybridized carbons (Fsp3) is 0.333. The molecule has 1 aromatic carbocycles. The van der Waals surface area contributed by atoms with Gasteiger partial charge in [-0.15, -0.1) is 0 Å². The van der Waals surface area contributed by atoms with E-state index in [0.717, 1.165) is 47.3 Å². The van der Waals surface area contributed by atoms with Gasteiger partial charge in [-0.3, -0.25) is 0 Å². The fourth-order valence-corrected chi connectivity index (χ4v) is 4.91. The van der Waals surface area contributed by atoms with E-state index < -0.39 is 0 Å². The fourth-order valence-electron chi connectivity index (χ4n) is 3.90. The predicted molar refractivity (Wildman–Crippen MR) is 95.2 cm³/mol. The molecule has 0 saturated carbocycles. The van der Waals surface area contributed by atoms with E-state index in [1.54, 1.807) is 23.5 Å². The Morgan fingerprint density at radius 2 is 1.79 bits per heavy atom. The summed E-state index contributed by atoms with van der Waals surface area (Å²) >= 11 is 1.59. The minimum atomic E-state index is -0.193. The molecule has 5 rings (SSSR count). The molecule has 2 aliphatic rings. The van der Waals surface area contributed by atoms with E-state index in [1.165, 1.54) is 6.07 Å². The number of hydrogen-bond acceptors (Lipinski definition) is 5. The van der Waals surface area contributed by atoms with Gasteiger partial charge in [0.2, 0.25) is 0 Å². The number of anilines is 2. The third-order valence-electron chi connectivity index (χ3n) is 5.07. The largest absolute Gasteiger partial charge is 0.356 e. The molecule has 3 aromatic rings. The Kier molecular flexibility index (Phi) is 3.19. The number of fused-ring (bicyclic) bond motifs is 2. The van der Waals surface area contributed by atoms with Crippen LogP contribution in [0.2, 0.25) is 0 Å². The van der Waals surface area contributed by atoms with E-state index in [9.17, 15) is 4.39 Å². The Morgan fingerprint density at radius 3 is 2.54 bits per heavy atom. The lowest BCUT2D eigenvalue weighted by atomic mass is 10.0. The molecule has 0 bridgehead atoms. The van der Waals surface area contributed by atoms with Crippen LogP contribution >= 0.6 is 11.3 Å². The van der Waals surface area contributed by atoms with Crippen molar-refractivity contribution in [2.24, 2.45) is 11.8 Å². The average molecular weight is 340 g/mol. The highest BCUT2D eigenvalue weighted by atomic mass is 32.1. The van der Waals surface area contributed by atoms with Crippen LogP contribution in [0, 0.1) is 17.7 Å². The van der Waals surface area contributed by atoms with Gasteiger partial charge in [0.25, 0.3) is 0 Å². The van der Waals surface area contributed by atoms with Crippen molar-refractivity contribution < 1.29 is 4.39 Å². The van der Waals surface area contributed by atoms with Gasteiger partial charge in [-0.25, -0.2) is 14.4 Å². The first-order valence-corrected chi connectivity index (χ1v) is 9.05. The van der Waals surface area contributed by atoms with Crippen molar-refractivity contribution in [3.63, 3.8) is 0 Å². The van der Waals surface area contributed by atoms with Crippen molar-refractivity contribution in [3.05, 3.63) is 48.4 Å². The van der Waals surface area contributed by atoms with Crippen LogP contribution < -0.4 is 9.80 Å². The molecular formula is C18H17FN4S. The number of pyridine rings is 1. The van der Waals surface area contributed by atoms with Gasteiger partial charge in [-0.2, -0.15) is 0 Å². The second-order valence-corrected chi connectivity index (χ2v) is 7.64. The molecule has 2 atom stereocenters. The molecule has 0 spiro atoms. The van der Waals surface area contributed by atoms with E-state index >= 15 is 0 Å². The topological polar surface area (TPSA) is 32.3 Å². The molecule has 6 heteroatoms. The first-order chi connectivity index (χ1) is 11.8. The highest BCUT2D eigenvalue weighted by Gasteiger charge is 2.41. The minimum absolute atomic E-state index is 0.193. The second kappa shape index (κ2) is 5.41. The molecule has 4 heterocycles. The molecule has 2 unspecified atom stereocenters. The van der Waals surface area contributed by atoms with Gasteiger partial charge in [0.05, 0.1) is 10.2 Å². The van der Waals surface area contributed by atoms with Crippen LogP contribution in [0.5, 0.6) is 0 Å². The Labute approximate surface area is 143 Å². The molecule has 0 N–H and O–H groups in total. The molecule has 0 amide bonds. The van der Waals surface area contributed by atoms with Gasteiger partial charge in [0.15, 0.2) is 5.13 Å². The lowest BCUT2D eigenvalue weighted by Gasteiger charge is -2.21. The third kappa shape index (κ3) is 2.33. The van der Waals surface area contributed by atoms with E-state index in [1.807, 2.05) is 18.3 Å². The number of rotatable bonds is 2. The zero-order valence-electron chi connectivity index (χ0n) is 13.1. The molecule has 2 aliphatic heterocycles. The smallest absolute Gasteiger partial charge is 0.186 e. The molecule has 0 aliphatic carbocycles. The van der Waals surface area contributed by atoms with Crippen LogP contribution in [-0.2, 0) is 0 Å². The van der Waals surface area contributed by atoms with E-state index in [2.05, 4.69) is 20.9 Å². The maximum absolute atomic E-state index is 13.4. The third-order valence-corrected chi connectivity index (χ3v) is 6.15. The van der Waals surface area contributed by atoms with Crippen LogP contribution in [0.1, 0.15) is 0 Å². The molecular weight excluding hydrogens is 323 g/mol. The molecule has 2 aromatic heterocycles. The maximum Gasteiger partial charge on any atom is 0.186 e. The Bertz CT molecular complexity index is 867. The highest BCUT2D eigenvalue weighted by molar-refractivity contribution is 7.22. The van der Waals surface area contributed by atoms with E-state index in [4.69, 9.17) is 4.98 Å². The molecule has 24 heavy (non-hydrogen) atoms. The monoisotopic (exact) mass is 340 g/mol. The zero-order valence-corrected chi connectivity index (χ0v) is 13.9. The number of halogens is 1. The van der Waals surface area contributed by atoms with Crippen LogP contribution in [0.15, 0.2) is 42.6 Å². The van der Waals surface area contributed by atoms with Gasteiger partial charge < -0.3 is 9.80 Å². The summed E-state index contributed by atoms with van der Waals surface area (Å²) in [5.41, 5.74) is 0.892. The number of nitrogens with zero attached hydrogens (tertiary/aromatic N) is 4. The maximum atomic E-state index is 13.4. The van der Waals surface area contributed by atoms with Crippen molar-refractivity contribution in [2.45, 2.75) is 0 Å². The first kappa shape index (κ1) is 14.2. The molecule has 122 valence electrons. The number of hydrogen-bond donors (Lipinski definition) is 0. The highest BCUT2D eigenvalue weighted by Crippen LogP contribution is 2.38. The Hall–Kier alpha value is -2.21. The Balaban J connectivity index is 1.33. The lowest BCUT2D eigenvalue weighted by Crippen LogP contribution is -2.29. The lowest BCUT2D eigenvalue weighted by molar-refractivity contribution is 0.533. The van der Waals surface area contributed by atoms with Gasteiger partial charge in [0.1, 0.15) is 11.6 Å². The molecule has 4 nitrogen and oxygen atoms in total. The SMILES string of the molecule is Fc1ccc2nc(N3CC4CN(c5ccccn5)CC4C3)sc2c1. The van der Waals surface area contributed by atoms with Gasteiger partial charge >= 0.3 is 0 Å². The summed E-state index contributed by atoms with van der Waals surface area (Å²) in [6.45, 7) is 4.15. The summed E-state index contributed by atoms with van der Waals surface area (Å²) in [5.74, 6) is 2.18. The molecule has 2 fully saturated rings. The first-order valence-electron chi connectivity index (χ1n) is 8.23. The Morgan fingerprint density at radius 1 is 1.00 bits per heavy atom.